The molecule has 1 atom stereocenters. The predicted molar refractivity (Wildman–Crippen MR) is 251 cm³/mol. The van der Waals surface area contributed by atoms with E-state index in [-0.39, 0.29) is 28.6 Å². The molecule has 0 aromatic rings. The molecule has 60 heavy (non-hydrogen) atoms. The highest BCUT2D eigenvalue weighted by Crippen LogP contribution is 2.41. The Labute approximate surface area is 364 Å². The highest BCUT2D eigenvalue weighted by Gasteiger charge is 2.27. The van der Waals surface area contributed by atoms with Crippen LogP contribution in [0.25, 0.3) is 0 Å². The lowest BCUT2D eigenvalue weighted by molar-refractivity contribution is -0.127. The van der Waals surface area contributed by atoms with E-state index in [0.29, 0.717) is 58.8 Å². The van der Waals surface area contributed by atoms with Crippen LogP contribution < -0.4 is 16.0 Å². The molecule has 332 valence electrons. The summed E-state index contributed by atoms with van der Waals surface area (Å²) in [6.07, 6.45) is 32.7. The van der Waals surface area contributed by atoms with E-state index in [9.17, 15) is 14.4 Å². The molecule has 2 rings (SSSR count). The third-order valence-electron chi connectivity index (χ3n) is 11.2. The fraction of sp³-hybridized carbons (Fsp3) is 0.558. The van der Waals surface area contributed by atoms with Crippen molar-refractivity contribution in [3.63, 3.8) is 0 Å². The Morgan fingerprint density at radius 2 is 1.17 bits per heavy atom. The topological polar surface area (TPSA) is 106 Å². The summed E-state index contributed by atoms with van der Waals surface area (Å²) in [5.74, 6) is -0.770. The zero-order valence-corrected chi connectivity index (χ0v) is 39.2. The van der Waals surface area contributed by atoms with Crippen molar-refractivity contribution < 1.29 is 23.9 Å². The van der Waals surface area contributed by atoms with Gasteiger partial charge in [0.25, 0.3) is 0 Å². The second kappa shape index (κ2) is 27.6. The average Bonchev–Trinajstić information content (AvgIpc) is 3.15. The first-order valence-electron chi connectivity index (χ1n) is 22.3. The van der Waals surface area contributed by atoms with E-state index < -0.39 is 6.04 Å². The number of ether oxygens (including phenoxy) is 2. The fourth-order valence-electron chi connectivity index (χ4n) is 7.73. The highest BCUT2D eigenvalue weighted by atomic mass is 16.5. The summed E-state index contributed by atoms with van der Waals surface area (Å²) < 4.78 is 10.8. The predicted octanol–water partition coefficient (Wildman–Crippen LogP) is 11.0. The number of amides is 3. The van der Waals surface area contributed by atoms with Crippen molar-refractivity contribution in [1.29, 1.82) is 0 Å². The van der Waals surface area contributed by atoms with E-state index in [1.54, 1.807) is 6.08 Å². The molecule has 8 nitrogen and oxygen atoms in total. The smallest absolute Gasteiger partial charge is 0.244 e. The molecular formula is C52H79N3O5. The van der Waals surface area contributed by atoms with Crippen molar-refractivity contribution in [1.82, 2.24) is 16.0 Å². The van der Waals surface area contributed by atoms with Crippen molar-refractivity contribution in [2.45, 2.75) is 140 Å². The van der Waals surface area contributed by atoms with Crippen LogP contribution in [0.5, 0.6) is 0 Å². The quantitative estimate of drug-likeness (QED) is 0.0511. The highest BCUT2D eigenvalue weighted by molar-refractivity contribution is 5.93. The molecule has 2 aliphatic carbocycles. The summed E-state index contributed by atoms with van der Waals surface area (Å²) in [7, 11) is 0. The van der Waals surface area contributed by atoms with Crippen LogP contribution in [0.2, 0.25) is 0 Å². The Bertz CT molecular complexity index is 1740. The number of hydrogen-bond donors (Lipinski definition) is 3. The van der Waals surface area contributed by atoms with Crippen molar-refractivity contribution in [3.8, 4) is 0 Å². The largest absolute Gasteiger partial charge is 0.379 e. The Hall–Kier alpha value is -4.27. The Kier molecular flexibility index (Phi) is 23.8. The van der Waals surface area contributed by atoms with Gasteiger partial charge in [-0.15, -0.1) is 0 Å². The van der Waals surface area contributed by atoms with Gasteiger partial charge in [-0.25, -0.2) is 0 Å². The van der Waals surface area contributed by atoms with Gasteiger partial charge in [0.15, 0.2) is 0 Å². The van der Waals surface area contributed by atoms with Gasteiger partial charge in [-0.2, -0.15) is 0 Å². The molecule has 0 aromatic heterocycles. The molecule has 0 radical (unpaired) electrons. The number of rotatable bonds is 24. The van der Waals surface area contributed by atoms with E-state index in [1.807, 2.05) is 51.2 Å². The van der Waals surface area contributed by atoms with E-state index >= 15 is 0 Å². The molecule has 8 heteroatoms. The van der Waals surface area contributed by atoms with Crippen LogP contribution in [0.15, 0.2) is 117 Å². The first-order valence-corrected chi connectivity index (χ1v) is 22.3. The van der Waals surface area contributed by atoms with Gasteiger partial charge in [0.05, 0.1) is 19.8 Å². The molecule has 2 aliphatic rings. The lowest BCUT2D eigenvalue weighted by atomic mass is 9.72. The summed E-state index contributed by atoms with van der Waals surface area (Å²) in [4.78, 5) is 38.9. The molecule has 3 amide bonds. The van der Waals surface area contributed by atoms with E-state index in [1.165, 1.54) is 60.5 Å². The maximum atomic E-state index is 13.2. The molecule has 0 saturated carbocycles. The molecule has 0 spiro atoms. The third-order valence-corrected chi connectivity index (χ3v) is 11.2. The molecule has 3 N–H and O–H groups in total. The van der Waals surface area contributed by atoms with Crippen LogP contribution in [0, 0.1) is 10.8 Å². The van der Waals surface area contributed by atoms with E-state index in [0.717, 1.165) is 28.7 Å². The number of hydrogen-bond acceptors (Lipinski definition) is 5. The molecule has 0 fully saturated rings. The van der Waals surface area contributed by atoms with Gasteiger partial charge in [-0.05, 0) is 139 Å². The second-order valence-corrected chi connectivity index (χ2v) is 17.8. The standard InChI is InChI=1S/C52H79N3O5/c1-12-59-35-36-60-34-33-54-50(58)47(55-49(57)38-42(5)22-16-20-40(3)27-29-46-44(7)24-18-31-52(46,10)11)25-13-14-32-53-48(56)37-41(4)21-15-19-39(2)26-28-45-43(6)23-17-30-51(45,8)9/h15-16,19-22,26-29,37-38,47H,12-14,17-18,23-25,30-36H2,1-11H3,(H,53,56)(H,54,58)(H,55,57)/b21-15+,22-16+,28-26+,29-27+,39-19+,40-20+,41-37+,42-38+. The summed E-state index contributed by atoms with van der Waals surface area (Å²) in [5.41, 5.74) is 10.1. The second-order valence-electron chi connectivity index (χ2n) is 17.8. The van der Waals surface area contributed by atoms with Crippen LogP contribution >= 0.6 is 0 Å². The summed E-state index contributed by atoms with van der Waals surface area (Å²) in [5, 5.41) is 8.73. The number of unbranched alkanes of at least 4 members (excludes halogenated alkanes) is 1. The molecular weight excluding hydrogens is 747 g/mol. The summed E-state index contributed by atoms with van der Waals surface area (Å²) in [6.45, 7) is 26.3. The van der Waals surface area contributed by atoms with Gasteiger partial charge >= 0.3 is 0 Å². The van der Waals surface area contributed by atoms with Gasteiger partial charge in [-0.1, -0.05) is 111 Å². The van der Waals surface area contributed by atoms with Crippen LogP contribution in [-0.2, 0) is 23.9 Å². The number of carbonyl (C=O) groups is 3. The molecule has 0 heterocycles. The maximum absolute atomic E-state index is 13.2. The maximum Gasteiger partial charge on any atom is 0.244 e. The van der Waals surface area contributed by atoms with E-state index in [2.05, 4.69) is 102 Å². The zero-order valence-electron chi connectivity index (χ0n) is 39.2. The minimum Gasteiger partial charge on any atom is -0.379 e. The number of nitrogens with one attached hydrogen (secondary N) is 3. The Balaban J connectivity index is 1.93. The lowest BCUT2D eigenvalue weighted by Gasteiger charge is -2.33. The van der Waals surface area contributed by atoms with Gasteiger partial charge in [-0.3, -0.25) is 14.4 Å². The molecule has 0 aliphatic heterocycles. The Morgan fingerprint density at radius 1 is 0.650 bits per heavy atom. The fourth-order valence-corrected chi connectivity index (χ4v) is 7.73. The third kappa shape index (κ3) is 20.8. The normalized spacial score (nSPS) is 18.6. The van der Waals surface area contributed by atoms with Gasteiger partial charge in [0.1, 0.15) is 6.04 Å². The molecule has 0 saturated heterocycles. The minimum absolute atomic E-state index is 0.165. The first kappa shape index (κ1) is 51.9. The Morgan fingerprint density at radius 3 is 1.68 bits per heavy atom. The lowest BCUT2D eigenvalue weighted by Crippen LogP contribution is -2.47. The summed E-state index contributed by atoms with van der Waals surface area (Å²) in [6, 6.07) is -0.729. The van der Waals surface area contributed by atoms with Crippen LogP contribution in [-0.4, -0.2) is 63.3 Å². The number of allylic oxidation sites excluding steroid dienone is 18. The van der Waals surface area contributed by atoms with Crippen molar-refractivity contribution in [3.05, 3.63) is 117 Å². The van der Waals surface area contributed by atoms with Crippen LogP contribution in [0.1, 0.15) is 134 Å². The minimum atomic E-state index is -0.729. The molecule has 0 aromatic carbocycles. The van der Waals surface area contributed by atoms with Crippen LogP contribution in [0.4, 0.5) is 0 Å². The SMILES string of the molecule is CCOCCOCCNC(=O)C(CCCCNC(=O)/C=C(C)/C=C/C=C(C)/C=C/C1=C(C)CCCC1(C)C)NC(=O)/C=C(C)/C=C/C=C(C)/C=C/C1=C(C)CCCC1(C)C. The monoisotopic (exact) mass is 826 g/mol. The van der Waals surface area contributed by atoms with Crippen molar-refractivity contribution in [2.75, 3.05) is 39.5 Å². The van der Waals surface area contributed by atoms with Gasteiger partial charge in [0, 0.05) is 31.8 Å². The van der Waals surface area contributed by atoms with Gasteiger partial charge < -0.3 is 25.4 Å². The van der Waals surface area contributed by atoms with Crippen molar-refractivity contribution in [2.24, 2.45) is 10.8 Å². The first-order chi connectivity index (χ1) is 28.4. The van der Waals surface area contributed by atoms with Gasteiger partial charge in [0.2, 0.25) is 17.7 Å². The number of carbonyl (C=O) groups excluding carboxylic acids is 3. The van der Waals surface area contributed by atoms with E-state index in [4.69, 9.17) is 9.47 Å². The molecule has 0 bridgehead atoms. The summed E-state index contributed by atoms with van der Waals surface area (Å²) >= 11 is 0. The molecule has 1 unspecified atom stereocenters. The van der Waals surface area contributed by atoms with Crippen LogP contribution in [0.3, 0.4) is 0 Å². The zero-order chi connectivity index (χ0) is 44.6. The van der Waals surface area contributed by atoms with Crippen molar-refractivity contribution >= 4 is 17.7 Å². The average molecular weight is 826 g/mol.